The Hall–Kier alpha value is 0. The predicted octanol–water partition coefficient (Wildman–Crippen LogP) is 1.86. The Kier molecular flexibility index (Phi) is 5.76. The van der Waals surface area contributed by atoms with E-state index in [1.807, 2.05) is 36.4 Å². The zero-order valence-corrected chi connectivity index (χ0v) is 8.42. The van der Waals surface area contributed by atoms with Crippen molar-refractivity contribution in [3.63, 3.8) is 0 Å². The van der Waals surface area contributed by atoms with Gasteiger partial charge in [-0.15, -0.1) is 0 Å². The smallest absolute Gasteiger partial charge is 0.410 e. The van der Waals surface area contributed by atoms with Crippen LogP contribution in [0.25, 0.3) is 0 Å². The van der Waals surface area contributed by atoms with Crippen LogP contribution >= 0.6 is 22.6 Å². The van der Waals surface area contributed by atoms with E-state index < -0.39 is 0 Å². The topological polar surface area (TPSA) is 29.5 Å². The quantitative estimate of drug-likeness (QED) is 0.570. The number of halogens is 1. The van der Waals surface area contributed by atoms with E-state index in [1.54, 1.807) is 4.90 Å². The summed E-state index contributed by atoms with van der Waals surface area (Å²) in [4.78, 5) is 12.5. The summed E-state index contributed by atoms with van der Waals surface area (Å²) in [6.45, 7) is 5.29. The summed E-state index contributed by atoms with van der Waals surface area (Å²) in [6.07, 6.45) is -0.223. The molecule has 0 aromatic carbocycles. The zero-order chi connectivity index (χ0) is 7.98. The minimum Gasteiger partial charge on any atom is -0.439 e. The summed E-state index contributed by atoms with van der Waals surface area (Å²) < 4.78 is 5.18. The fourth-order valence-corrected chi connectivity index (χ4v) is 0.886. The highest BCUT2D eigenvalue weighted by atomic mass is 127. The SMILES string of the molecule is CCN(CC)C(=O)OCI. The van der Waals surface area contributed by atoms with Crippen LogP contribution in [0.4, 0.5) is 4.79 Å². The number of hydrogen-bond donors (Lipinski definition) is 0. The molecule has 0 aromatic rings. The molecule has 0 aliphatic rings. The van der Waals surface area contributed by atoms with Crippen LogP contribution in [0.15, 0.2) is 0 Å². The number of carbonyl (C=O) groups excluding carboxylic acids is 1. The van der Waals surface area contributed by atoms with Crippen molar-refractivity contribution >= 4 is 28.7 Å². The van der Waals surface area contributed by atoms with Gasteiger partial charge < -0.3 is 9.64 Å². The van der Waals surface area contributed by atoms with Gasteiger partial charge in [-0.05, 0) is 36.4 Å². The normalized spacial score (nSPS) is 9.10. The lowest BCUT2D eigenvalue weighted by atomic mass is 10.6. The van der Waals surface area contributed by atoms with Gasteiger partial charge in [0.05, 0.1) is 0 Å². The Morgan fingerprint density at radius 2 is 2.00 bits per heavy atom. The van der Waals surface area contributed by atoms with Crippen LogP contribution in [0, 0.1) is 0 Å². The molecule has 0 aliphatic carbocycles. The summed E-state index contributed by atoms with van der Waals surface area (Å²) in [5, 5.41) is 0. The van der Waals surface area contributed by atoms with Crippen molar-refractivity contribution in [1.82, 2.24) is 4.90 Å². The second-order valence-electron chi connectivity index (χ2n) is 1.69. The number of hydrogen-bond acceptors (Lipinski definition) is 2. The summed E-state index contributed by atoms with van der Waals surface area (Å²) in [6, 6.07) is 0. The lowest BCUT2D eigenvalue weighted by Crippen LogP contribution is -2.30. The average Bonchev–Trinajstić information content (AvgIpc) is 1.91. The Balaban J connectivity index is 3.65. The molecule has 0 radical (unpaired) electrons. The fourth-order valence-electron chi connectivity index (χ4n) is 0.620. The summed E-state index contributed by atoms with van der Waals surface area (Å²) in [5.74, 6) is 0. The Morgan fingerprint density at radius 1 is 1.50 bits per heavy atom. The molecule has 4 heteroatoms. The molecule has 0 aliphatic heterocycles. The summed E-state index contributed by atoms with van der Waals surface area (Å²) >= 11 is 2.00. The van der Waals surface area contributed by atoms with Crippen LogP contribution in [0.3, 0.4) is 0 Å². The minimum absolute atomic E-state index is 0.223. The number of ether oxygens (including phenoxy) is 1. The van der Waals surface area contributed by atoms with Gasteiger partial charge in [0.15, 0.2) is 0 Å². The number of carbonyl (C=O) groups is 1. The predicted molar refractivity (Wildman–Crippen MR) is 48.3 cm³/mol. The molecule has 0 fully saturated rings. The summed E-state index contributed by atoms with van der Waals surface area (Å²) in [5.41, 5.74) is 0. The van der Waals surface area contributed by atoms with Crippen LogP contribution in [-0.2, 0) is 4.74 Å². The van der Waals surface area contributed by atoms with E-state index in [9.17, 15) is 4.79 Å². The fraction of sp³-hybridized carbons (Fsp3) is 0.833. The van der Waals surface area contributed by atoms with E-state index in [0.717, 1.165) is 0 Å². The maximum absolute atomic E-state index is 10.9. The molecule has 3 nitrogen and oxygen atoms in total. The second-order valence-corrected chi connectivity index (χ2v) is 2.31. The van der Waals surface area contributed by atoms with Crippen molar-refractivity contribution in [3.8, 4) is 0 Å². The molecular formula is C6H12INO2. The first-order valence-electron chi connectivity index (χ1n) is 3.23. The molecule has 0 unspecified atom stereocenters. The van der Waals surface area contributed by atoms with E-state index in [2.05, 4.69) is 0 Å². The van der Waals surface area contributed by atoms with Gasteiger partial charge in [-0.1, -0.05) is 0 Å². The number of amides is 1. The molecule has 0 saturated heterocycles. The first kappa shape index (κ1) is 10.0. The number of nitrogens with zero attached hydrogens (tertiary/aromatic N) is 1. The molecule has 0 bridgehead atoms. The van der Waals surface area contributed by atoms with Gasteiger partial charge in [0.1, 0.15) is 4.61 Å². The molecule has 60 valence electrons. The zero-order valence-electron chi connectivity index (χ0n) is 6.26. The van der Waals surface area contributed by atoms with Gasteiger partial charge in [-0.3, -0.25) is 0 Å². The molecule has 1 amide bonds. The monoisotopic (exact) mass is 257 g/mol. The highest BCUT2D eigenvalue weighted by molar-refractivity contribution is 14.1. The molecule has 10 heavy (non-hydrogen) atoms. The molecular weight excluding hydrogens is 245 g/mol. The second kappa shape index (κ2) is 5.76. The maximum Gasteiger partial charge on any atom is 0.410 e. The van der Waals surface area contributed by atoms with Crippen molar-refractivity contribution in [1.29, 1.82) is 0 Å². The minimum atomic E-state index is -0.223. The molecule has 0 atom stereocenters. The van der Waals surface area contributed by atoms with E-state index in [0.29, 0.717) is 17.7 Å². The third kappa shape index (κ3) is 3.24. The van der Waals surface area contributed by atoms with E-state index in [1.165, 1.54) is 0 Å². The highest BCUT2D eigenvalue weighted by Gasteiger charge is 2.08. The Bertz CT molecular complexity index is 104. The largest absolute Gasteiger partial charge is 0.439 e. The lowest BCUT2D eigenvalue weighted by molar-refractivity contribution is 0.125. The van der Waals surface area contributed by atoms with Crippen molar-refractivity contribution < 1.29 is 9.53 Å². The number of alkyl halides is 1. The molecule has 0 spiro atoms. The van der Waals surface area contributed by atoms with Crippen LogP contribution in [0.5, 0.6) is 0 Å². The third-order valence-electron chi connectivity index (χ3n) is 1.20. The van der Waals surface area contributed by atoms with E-state index >= 15 is 0 Å². The van der Waals surface area contributed by atoms with Crippen molar-refractivity contribution in [2.24, 2.45) is 0 Å². The first-order valence-corrected chi connectivity index (χ1v) is 4.76. The van der Waals surface area contributed by atoms with Crippen molar-refractivity contribution in [2.45, 2.75) is 13.8 Å². The average molecular weight is 257 g/mol. The van der Waals surface area contributed by atoms with Crippen molar-refractivity contribution in [3.05, 3.63) is 0 Å². The van der Waals surface area contributed by atoms with Crippen LogP contribution in [0.2, 0.25) is 0 Å². The Labute approximate surface area is 74.9 Å². The number of rotatable bonds is 3. The highest BCUT2D eigenvalue weighted by Crippen LogP contribution is 1.94. The molecule has 0 heterocycles. The maximum atomic E-state index is 10.9. The van der Waals surface area contributed by atoms with Crippen LogP contribution < -0.4 is 0 Å². The van der Waals surface area contributed by atoms with Gasteiger partial charge in [0.2, 0.25) is 0 Å². The van der Waals surface area contributed by atoms with Crippen LogP contribution in [-0.4, -0.2) is 28.7 Å². The molecule has 0 rings (SSSR count). The van der Waals surface area contributed by atoms with Gasteiger partial charge in [-0.25, -0.2) is 4.79 Å². The van der Waals surface area contributed by atoms with E-state index in [4.69, 9.17) is 4.74 Å². The van der Waals surface area contributed by atoms with Gasteiger partial charge in [-0.2, -0.15) is 0 Å². The van der Waals surface area contributed by atoms with Gasteiger partial charge in [0.25, 0.3) is 0 Å². The van der Waals surface area contributed by atoms with Gasteiger partial charge >= 0.3 is 6.09 Å². The van der Waals surface area contributed by atoms with Crippen molar-refractivity contribution in [2.75, 3.05) is 17.7 Å². The third-order valence-corrected chi connectivity index (χ3v) is 1.51. The van der Waals surface area contributed by atoms with Gasteiger partial charge in [0, 0.05) is 13.1 Å². The standard InChI is InChI=1S/C6H12INO2/c1-3-8(4-2)6(9)10-5-7/h3-5H2,1-2H3. The van der Waals surface area contributed by atoms with E-state index in [-0.39, 0.29) is 6.09 Å². The first-order chi connectivity index (χ1) is 4.76. The summed E-state index contributed by atoms with van der Waals surface area (Å²) in [7, 11) is 0. The molecule has 0 aromatic heterocycles. The van der Waals surface area contributed by atoms with Crippen LogP contribution in [0.1, 0.15) is 13.8 Å². The molecule has 0 N–H and O–H groups in total. The molecule has 0 saturated carbocycles. The Morgan fingerprint density at radius 3 is 2.30 bits per heavy atom. The lowest BCUT2D eigenvalue weighted by Gasteiger charge is -2.16.